The Labute approximate surface area is 139 Å². The Morgan fingerprint density at radius 2 is 2.00 bits per heavy atom. The molecule has 7 heteroatoms. The van der Waals surface area contributed by atoms with Gasteiger partial charge in [0.1, 0.15) is 5.82 Å². The molecular weight excluding hydrogens is 319 g/mol. The Kier molecular flexibility index (Phi) is 5.15. The molecule has 1 N–H and O–H groups in total. The van der Waals surface area contributed by atoms with Gasteiger partial charge in [-0.05, 0) is 18.2 Å². The van der Waals surface area contributed by atoms with Crippen molar-refractivity contribution < 1.29 is 9.50 Å². The summed E-state index contributed by atoms with van der Waals surface area (Å²) in [6.07, 6.45) is 3.72. The molecule has 0 unspecified atom stereocenters. The van der Waals surface area contributed by atoms with Gasteiger partial charge in [-0.15, -0.1) is 0 Å². The summed E-state index contributed by atoms with van der Waals surface area (Å²) < 4.78 is 15.0. The molecule has 0 aliphatic carbocycles. The van der Waals surface area contributed by atoms with Gasteiger partial charge in [0.15, 0.2) is 0 Å². The average Bonchev–Trinajstić information content (AvgIpc) is 2.96. The van der Waals surface area contributed by atoms with Crippen molar-refractivity contribution in [1.82, 2.24) is 14.5 Å². The van der Waals surface area contributed by atoms with E-state index in [2.05, 4.69) is 14.8 Å². The van der Waals surface area contributed by atoms with Crippen LogP contribution in [0.25, 0.3) is 0 Å². The molecule has 0 spiro atoms. The predicted octanol–water partition coefficient (Wildman–Crippen LogP) is 1.99. The molecular formula is C16H20ClFN4O. The second-order valence-electron chi connectivity index (χ2n) is 5.69. The van der Waals surface area contributed by atoms with Gasteiger partial charge in [-0.2, -0.15) is 0 Å². The topological polar surface area (TPSA) is 44.5 Å². The number of halogens is 2. The monoisotopic (exact) mass is 338 g/mol. The molecule has 1 aromatic carbocycles. The predicted molar refractivity (Wildman–Crippen MR) is 88.2 cm³/mol. The third kappa shape index (κ3) is 4.02. The third-order valence-corrected chi connectivity index (χ3v) is 4.36. The van der Waals surface area contributed by atoms with Crippen molar-refractivity contribution in [2.45, 2.75) is 13.1 Å². The Balaban J connectivity index is 1.55. The van der Waals surface area contributed by atoms with Crippen molar-refractivity contribution >= 4 is 17.3 Å². The number of benzene rings is 1. The standard InChI is InChI=1S/C16H20ClFN4O/c17-15-9-13(18)1-2-16(15)22-5-3-20(4-6-22)10-14-11-21(7-8-23)12-19-14/h1-2,9,11-12,23H,3-8,10H2. The molecule has 0 amide bonds. The van der Waals surface area contributed by atoms with E-state index in [0.717, 1.165) is 44.1 Å². The maximum Gasteiger partial charge on any atom is 0.124 e. The summed E-state index contributed by atoms with van der Waals surface area (Å²) in [6, 6.07) is 4.54. The largest absolute Gasteiger partial charge is 0.395 e. The fraction of sp³-hybridized carbons (Fsp3) is 0.438. The van der Waals surface area contributed by atoms with E-state index in [0.29, 0.717) is 11.6 Å². The first-order chi connectivity index (χ1) is 11.2. The molecule has 1 aliphatic heterocycles. The number of imidazole rings is 1. The van der Waals surface area contributed by atoms with E-state index < -0.39 is 0 Å². The van der Waals surface area contributed by atoms with Crippen LogP contribution in [0, 0.1) is 5.82 Å². The first kappa shape index (κ1) is 16.2. The number of piperazine rings is 1. The fourth-order valence-electron chi connectivity index (χ4n) is 2.84. The van der Waals surface area contributed by atoms with Crippen LogP contribution in [0.4, 0.5) is 10.1 Å². The molecule has 3 rings (SSSR count). The highest BCUT2D eigenvalue weighted by molar-refractivity contribution is 6.33. The third-order valence-electron chi connectivity index (χ3n) is 4.05. The van der Waals surface area contributed by atoms with E-state index >= 15 is 0 Å². The Hall–Kier alpha value is -1.63. The van der Waals surface area contributed by atoms with Gasteiger partial charge < -0.3 is 14.6 Å². The van der Waals surface area contributed by atoms with E-state index in [-0.39, 0.29) is 12.4 Å². The minimum atomic E-state index is -0.309. The van der Waals surface area contributed by atoms with Crippen molar-refractivity contribution in [1.29, 1.82) is 0 Å². The number of hydrogen-bond acceptors (Lipinski definition) is 4. The molecule has 0 radical (unpaired) electrons. The smallest absolute Gasteiger partial charge is 0.124 e. The van der Waals surface area contributed by atoms with Crippen LogP contribution >= 0.6 is 11.6 Å². The van der Waals surface area contributed by atoms with Crippen LogP contribution in [0.2, 0.25) is 5.02 Å². The zero-order valence-corrected chi connectivity index (χ0v) is 13.6. The van der Waals surface area contributed by atoms with Gasteiger partial charge in [0.05, 0.1) is 29.3 Å². The highest BCUT2D eigenvalue weighted by Crippen LogP contribution is 2.27. The molecule has 5 nitrogen and oxygen atoms in total. The lowest BCUT2D eigenvalue weighted by Crippen LogP contribution is -2.46. The van der Waals surface area contributed by atoms with Gasteiger partial charge in [-0.1, -0.05) is 11.6 Å². The van der Waals surface area contributed by atoms with E-state index in [4.69, 9.17) is 16.7 Å². The maximum absolute atomic E-state index is 13.1. The number of hydrogen-bond donors (Lipinski definition) is 1. The highest BCUT2D eigenvalue weighted by atomic mass is 35.5. The van der Waals surface area contributed by atoms with Crippen molar-refractivity contribution in [3.8, 4) is 0 Å². The minimum Gasteiger partial charge on any atom is -0.395 e. The van der Waals surface area contributed by atoms with Crippen LogP contribution in [0.5, 0.6) is 0 Å². The number of aliphatic hydroxyl groups excluding tert-OH is 1. The Morgan fingerprint density at radius 3 is 2.70 bits per heavy atom. The molecule has 0 saturated carbocycles. The maximum atomic E-state index is 13.1. The molecule has 0 atom stereocenters. The summed E-state index contributed by atoms with van der Waals surface area (Å²) in [5.41, 5.74) is 1.90. The summed E-state index contributed by atoms with van der Waals surface area (Å²) in [7, 11) is 0. The molecule has 124 valence electrons. The summed E-state index contributed by atoms with van der Waals surface area (Å²) in [4.78, 5) is 8.88. The molecule has 2 aromatic rings. The fourth-order valence-corrected chi connectivity index (χ4v) is 3.13. The molecule has 0 bridgehead atoms. The summed E-state index contributed by atoms with van der Waals surface area (Å²) in [5.74, 6) is -0.309. The molecule has 2 heterocycles. The van der Waals surface area contributed by atoms with E-state index in [9.17, 15) is 4.39 Å². The van der Waals surface area contributed by atoms with Crippen LogP contribution in [-0.4, -0.2) is 52.3 Å². The van der Waals surface area contributed by atoms with Crippen molar-refractivity contribution in [3.05, 3.63) is 47.3 Å². The van der Waals surface area contributed by atoms with Crippen LogP contribution < -0.4 is 4.90 Å². The van der Waals surface area contributed by atoms with E-state index in [1.165, 1.54) is 12.1 Å². The van der Waals surface area contributed by atoms with Crippen LogP contribution in [0.15, 0.2) is 30.7 Å². The zero-order chi connectivity index (χ0) is 16.2. The Bertz CT molecular complexity index is 655. The first-order valence-electron chi connectivity index (χ1n) is 7.69. The normalized spacial score (nSPS) is 16.0. The van der Waals surface area contributed by atoms with Gasteiger partial charge >= 0.3 is 0 Å². The van der Waals surface area contributed by atoms with Crippen molar-refractivity contribution in [2.24, 2.45) is 0 Å². The van der Waals surface area contributed by atoms with Crippen LogP contribution in [0.3, 0.4) is 0 Å². The first-order valence-corrected chi connectivity index (χ1v) is 8.07. The zero-order valence-electron chi connectivity index (χ0n) is 12.8. The molecule has 1 aromatic heterocycles. The van der Waals surface area contributed by atoms with E-state index in [1.807, 2.05) is 10.8 Å². The lowest BCUT2D eigenvalue weighted by molar-refractivity contribution is 0.247. The molecule has 1 aliphatic rings. The lowest BCUT2D eigenvalue weighted by Gasteiger charge is -2.36. The molecule has 23 heavy (non-hydrogen) atoms. The minimum absolute atomic E-state index is 0.118. The van der Waals surface area contributed by atoms with Crippen LogP contribution in [-0.2, 0) is 13.1 Å². The molecule has 1 saturated heterocycles. The summed E-state index contributed by atoms with van der Waals surface area (Å²) in [6.45, 7) is 4.99. The number of aromatic nitrogens is 2. The lowest BCUT2D eigenvalue weighted by atomic mass is 10.2. The van der Waals surface area contributed by atoms with Gasteiger partial charge in [0.25, 0.3) is 0 Å². The second kappa shape index (κ2) is 7.29. The summed E-state index contributed by atoms with van der Waals surface area (Å²) in [5, 5.41) is 9.39. The van der Waals surface area contributed by atoms with Gasteiger partial charge in [-0.25, -0.2) is 9.37 Å². The quantitative estimate of drug-likeness (QED) is 0.905. The number of anilines is 1. The van der Waals surface area contributed by atoms with E-state index in [1.54, 1.807) is 12.4 Å². The average molecular weight is 339 g/mol. The van der Waals surface area contributed by atoms with Gasteiger partial charge in [0.2, 0.25) is 0 Å². The number of aliphatic hydroxyl groups is 1. The molecule has 1 fully saturated rings. The van der Waals surface area contributed by atoms with Crippen molar-refractivity contribution in [2.75, 3.05) is 37.7 Å². The number of rotatable bonds is 5. The van der Waals surface area contributed by atoms with Crippen molar-refractivity contribution in [3.63, 3.8) is 0 Å². The van der Waals surface area contributed by atoms with Gasteiger partial charge in [0, 0.05) is 45.5 Å². The van der Waals surface area contributed by atoms with Crippen LogP contribution in [0.1, 0.15) is 5.69 Å². The highest BCUT2D eigenvalue weighted by Gasteiger charge is 2.19. The Morgan fingerprint density at radius 1 is 1.22 bits per heavy atom. The van der Waals surface area contributed by atoms with Gasteiger partial charge in [-0.3, -0.25) is 4.90 Å². The number of nitrogens with zero attached hydrogens (tertiary/aromatic N) is 4. The summed E-state index contributed by atoms with van der Waals surface area (Å²) >= 11 is 6.13. The second-order valence-corrected chi connectivity index (χ2v) is 6.09. The SMILES string of the molecule is OCCn1cnc(CN2CCN(c3ccc(F)cc3Cl)CC2)c1.